The van der Waals surface area contributed by atoms with Gasteiger partial charge in [-0.15, -0.1) is 30.6 Å². The molecule has 3 aromatic carbocycles. The van der Waals surface area contributed by atoms with Crippen LogP contribution >= 0.6 is 0 Å². The van der Waals surface area contributed by atoms with E-state index in [1.807, 2.05) is 91.0 Å². The van der Waals surface area contributed by atoms with Crippen molar-refractivity contribution < 1.29 is 47.9 Å². The van der Waals surface area contributed by atoms with Crippen molar-refractivity contribution in [3.63, 3.8) is 0 Å². The van der Waals surface area contributed by atoms with E-state index in [0.717, 1.165) is 112 Å². The van der Waals surface area contributed by atoms with Crippen LogP contribution in [0.2, 0.25) is 0 Å². The first kappa shape index (κ1) is 70.3. The Morgan fingerprint density at radius 1 is 0.443 bits per heavy atom. The number of hydrogen-bond acceptors (Lipinski definition) is 25. The van der Waals surface area contributed by atoms with E-state index in [1.165, 1.54) is 28.4 Å². The van der Waals surface area contributed by atoms with Crippen molar-refractivity contribution in [2.45, 2.75) is 56.8 Å². The summed E-state index contributed by atoms with van der Waals surface area (Å²) in [6.07, 6.45) is 8.59. The number of benzene rings is 3. The molecule has 28 nitrogen and oxygen atoms in total. The van der Waals surface area contributed by atoms with Crippen molar-refractivity contribution in [3.8, 4) is 17.2 Å². The number of methoxy groups -OCH3 is 6. The zero-order valence-electron chi connectivity index (χ0n) is 54.9. The number of carbonyl (C=O) groups is 3. The van der Waals surface area contributed by atoms with Gasteiger partial charge in [-0.2, -0.15) is 30.6 Å². The number of carboxylic acid groups (broad SMARTS) is 1. The van der Waals surface area contributed by atoms with Gasteiger partial charge in [0.15, 0.2) is 47.4 Å². The normalized spacial score (nSPS) is 16.4. The average Bonchev–Trinajstić information content (AvgIpc) is 1.97. The Balaban J connectivity index is 0.000000159. The fourth-order valence-electron chi connectivity index (χ4n) is 11.4. The Labute approximate surface area is 562 Å². The van der Waals surface area contributed by atoms with Crippen LogP contribution in [0.15, 0.2) is 164 Å². The van der Waals surface area contributed by atoms with E-state index in [2.05, 4.69) is 86.5 Å². The molecule has 12 rings (SSSR count). The second-order valence-corrected chi connectivity index (χ2v) is 22.9. The highest BCUT2D eigenvalue weighted by Gasteiger charge is 2.29. The lowest BCUT2D eigenvalue weighted by molar-refractivity contribution is -0.148. The molecule has 1 unspecified atom stereocenters. The average molecular weight is 1320 g/mol. The highest BCUT2D eigenvalue weighted by molar-refractivity contribution is 5.95. The van der Waals surface area contributed by atoms with Crippen LogP contribution < -0.4 is 45.3 Å². The molecule has 0 saturated carbocycles. The van der Waals surface area contributed by atoms with Gasteiger partial charge >= 0.3 is 5.97 Å². The van der Waals surface area contributed by atoms with Crippen LogP contribution in [0.5, 0.6) is 17.2 Å². The van der Waals surface area contributed by atoms with Crippen molar-refractivity contribution in [1.82, 2.24) is 61.2 Å². The zero-order chi connectivity index (χ0) is 68.3. The zero-order valence-corrected chi connectivity index (χ0v) is 54.9. The monoisotopic (exact) mass is 1320 g/mol. The summed E-state index contributed by atoms with van der Waals surface area (Å²) < 4.78 is 31.1. The van der Waals surface area contributed by atoms with Crippen molar-refractivity contribution in [3.05, 3.63) is 198 Å². The van der Waals surface area contributed by atoms with Gasteiger partial charge in [0.1, 0.15) is 23.1 Å². The summed E-state index contributed by atoms with van der Waals surface area (Å²) in [4.78, 5) is 42.9. The van der Waals surface area contributed by atoms with E-state index in [9.17, 15) is 14.4 Å². The number of ether oxygens (including phenoxy) is 6. The number of nitrogen functional groups attached to an aromatic ring is 1. The van der Waals surface area contributed by atoms with Crippen LogP contribution in [0.25, 0.3) is 0 Å². The van der Waals surface area contributed by atoms with Crippen LogP contribution in [-0.2, 0) is 47.9 Å². The Kier molecular flexibility index (Phi) is 26.2. The quantitative estimate of drug-likeness (QED) is 0.0476. The molecule has 5 N–H and O–H groups in total. The van der Waals surface area contributed by atoms with Crippen molar-refractivity contribution in [2.24, 2.45) is 17.8 Å². The molecular formula is C69H80N18O10. The van der Waals surface area contributed by atoms with E-state index in [4.69, 9.17) is 39.3 Å². The number of nitrogens with two attached hydrogens (primary N) is 1. The van der Waals surface area contributed by atoms with Gasteiger partial charge in [-0.3, -0.25) is 9.59 Å². The highest BCUT2D eigenvalue weighted by atomic mass is 16.5. The minimum Gasteiger partial charge on any atom is -0.497 e. The molecule has 3 aliphatic heterocycles. The molecule has 0 spiro atoms. The van der Waals surface area contributed by atoms with E-state index >= 15 is 0 Å². The number of amides is 2. The van der Waals surface area contributed by atoms with E-state index in [-0.39, 0.29) is 11.8 Å². The first-order valence-electron chi connectivity index (χ1n) is 31.5. The van der Waals surface area contributed by atoms with Gasteiger partial charge in [0, 0.05) is 79.2 Å². The summed E-state index contributed by atoms with van der Waals surface area (Å²) in [5, 5.41) is 63.7. The number of nitrogens with one attached hydrogen (secondary N) is 2. The lowest BCUT2D eigenvalue weighted by Crippen LogP contribution is -2.24. The van der Waals surface area contributed by atoms with Crippen LogP contribution in [0, 0.1) is 17.8 Å². The maximum atomic E-state index is 12.7. The maximum absolute atomic E-state index is 12.7. The van der Waals surface area contributed by atoms with Crippen molar-refractivity contribution in [2.75, 3.05) is 113 Å². The summed E-state index contributed by atoms with van der Waals surface area (Å²) in [6.45, 7) is 5.58. The molecule has 28 heteroatoms. The molecule has 2 amide bonds. The van der Waals surface area contributed by atoms with Gasteiger partial charge in [-0.25, -0.2) is 4.79 Å². The van der Waals surface area contributed by atoms with Gasteiger partial charge in [0.2, 0.25) is 0 Å². The molecule has 97 heavy (non-hydrogen) atoms. The summed E-state index contributed by atoms with van der Waals surface area (Å²) in [7, 11) is 9.03. The van der Waals surface area contributed by atoms with Crippen LogP contribution in [-0.4, -0.2) is 166 Å². The Bertz CT molecular complexity index is 3710. The number of aromatic nitrogens is 12. The van der Waals surface area contributed by atoms with E-state index in [0.29, 0.717) is 69.1 Å². The molecule has 3 fully saturated rings. The first-order chi connectivity index (χ1) is 47.3. The number of carboxylic acids is 1. The molecule has 506 valence electrons. The molecule has 9 heterocycles. The van der Waals surface area contributed by atoms with Gasteiger partial charge in [0.25, 0.3) is 11.8 Å². The lowest BCUT2D eigenvalue weighted by Gasteiger charge is -2.18. The number of rotatable bonds is 23. The third-order valence-corrected chi connectivity index (χ3v) is 16.3. The molecule has 0 bridgehead atoms. The second kappa shape index (κ2) is 36.1. The Morgan fingerprint density at radius 3 is 1.08 bits per heavy atom. The van der Waals surface area contributed by atoms with Gasteiger partial charge < -0.3 is 64.6 Å². The summed E-state index contributed by atoms with van der Waals surface area (Å²) in [6, 6.07) is 44.0. The first-order valence-corrected chi connectivity index (χ1v) is 31.5. The topological polar surface area (TPSA) is 341 Å². The molecule has 0 radical (unpaired) electrons. The minimum absolute atomic E-state index is 0.326. The third-order valence-electron chi connectivity index (χ3n) is 16.3. The van der Waals surface area contributed by atoms with Gasteiger partial charge in [0.05, 0.1) is 38.4 Å². The van der Waals surface area contributed by atoms with Crippen LogP contribution in [0.3, 0.4) is 0 Å². The number of anilines is 6. The second-order valence-electron chi connectivity index (χ2n) is 22.9. The highest BCUT2D eigenvalue weighted by Crippen LogP contribution is 2.30. The van der Waals surface area contributed by atoms with Crippen molar-refractivity contribution >= 4 is 52.7 Å². The molecule has 9 aromatic rings. The molecule has 0 aliphatic carbocycles. The lowest BCUT2D eigenvalue weighted by atomic mass is 10.0. The smallest absolute Gasteiger partial charge is 0.337 e. The van der Waals surface area contributed by atoms with E-state index < -0.39 is 24.3 Å². The summed E-state index contributed by atoms with van der Waals surface area (Å²) in [5.74, 6) is 5.55. The number of nitrogens with zero attached hydrogens (tertiary/aromatic N) is 15. The number of aliphatic carboxylic acids is 1. The number of carbonyl (C=O) groups excluding carboxylic acids is 2. The predicted molar refractivity (Wildman–Crippen MR) is 362 cm³/mol. The largest absolute Gasteiger partial charge is 0.497 e. The standard InChI is InChI=1S/2C23H26N6O3.C13H16N6.C10H12O4/c2*1-31-19-7-3-5-17(14-19)22(32-2)23(30)25-20-8-9-21(28-27-20)29-12-10-16(15-29)13-18-6-4-11-24-26-18;14-12-3-4-13(18-17-12)19-7-5-10(9-19)8-11-2-1-6-15-16-11;1-13-8-5-3-4-7(6-8)9(14-2)10(11)12/h2*3-9,11,14,16,22H,10,12-13,15H2,1-2H3,(H,25,27,30);1-4,6,10H,5,7-9H2,(H2,14,17);3-6,9H,1-2H3,(H,11,12)/t16-,22+;16-,22-;10-;/m000./s1. The maximum Gasteiger partial charge on any atom is 0.337 e. The fourth-order valence-corrected chi connectivity index (χ4v) is 11.4. The molecule has 3 aliphatic rings. The van der Waals surface area contributed by atoms with E-state index in [1.54, 1.807) is 87.4 Å². The van der Waals surface area contributed by atoms with Crippen LogP contribution in [0.4, 0.5) is 34.9 Å². The summed E-state index contributed by atoms with van der Waals surface area (Å²) >= 11 is 0. The Morgan fingerprint density at radius 2 is 0.794 bits per heavy atom. The van der Waals surface area contributed by atoms with Crippen LogP contribution in [0.1, 0.15) is 71.3 Å². The van der Waals surface area contributed by atoms with Gasteiger partial charge in [-0.1, -0.05) is 36.4 Å². The molecule has 6 aromatic heterocycles. The third kappa shape index (κ3) is 20.8. The SMILES string of the molecule is COc1cccc(C(OC)C(=O)O)c1.COc1cccc([C@@H](OC)C(=O)Nc2ccc(N3CC[C@@H](Cc4cccnn4)C3)nn2)c1.COc1cccc([C@H](OC)C(=O)Nc2ccc(N3CC[C@@H](Cc4cccnn4)C3)nn2)c1.Nc1ccc(N2CC[C@@H](Cc3cccnn3)C2)nn1. The fraction of sp³-hybridized carbons (Fsp3) is 0.348. The van der Waals surface area contributed by atoms with Gasteiger partial charge in [-0.05, 0) is 182 Å². The number of hydrogen-bond donors (Lipinski definition) is 4. The minimum atomic E-state index is -1.01. The van der Waals surface area contributed by atoms with Crippen molar-refractivity contribution in [1.29, 1.82) is 0 Å². The molecule has 6 atom stereocenters. The summed E-state index contributed by atoms with van der Waals surface area (Å²) in [5.41, 5.74) is 10.6. The molecular weight excluding hydrogens is 1240 g/mol. The predicted octanol–water partition coefficient (Wildman–Crippen LogP) is 7.73. The Hall–Kier alpha value is -11.0. The molecule has 3 saturated heterocycles.